The number of carbonyl (C=O) groups is 1. The molecule has 0 heterocycles. The predicted octanol–water partition coefficient (Wildman–Crippen LogP) is 0.168. The molecule has 0 N–H and O–H groups in total. The van der Waals surface area contributed by atoms with Gasteiger partial charge in [0.1, 0.15) is 0 Å². The van der Waals surface area contributed by atoms with Gasteiger partial charge in [-0.1, -0.05) is 0 Å². The summed E-state index contributed by atoms with van der Waals surface area (Å²) in [6.07, 6.45) is 0.469. The zero-order chi connectivity index (χ0) is 8.04. The monoisotopic (exact) mass is 148 g/mol. The molecule has 0 unspecified atom stereocenters. The van der Waals surface area contributed by atoms with Crippen LogP contribution in [0.2, 0.25) is 0 Å². The van der Waals surface area contributed by atoms with Crippen LogP contribution in [0.15, 0.2) is 0 Å². The van der Waals surface area contributed by atoms with Crippen molar-refractivity contribution in [1.29, 1.82) is 0 Å². The van der Waals surface area contributed by atoms with Gasteiger partial charge in [-0.15, -0.1) is 0 Å². The van der Waals surface area contributed by atoms with Crippen LogP contribution in [0.1, 0.15) is 6.92 Å². The summed E-state index contributed by atoms with van der Waals surface area (Å²) in [5, 5.41) is 0. The molecule has 60 valence electrons. The van der Waals surface area contributed by atoms with Crippen LogP contribution in [0.25, 0.3) is 0 Å². The summed E-state index contributed by atoms with van der Waals surface area (Å²) < 4.78 is 14.2. The molecule has 0 spiro atoms. The van der Waals surface area contributed by atoms with E-state index in [2.05, 4.69) is 9.47 Å². The SMILES string of the molecule is CCOC(C=O)(OC)OC. The van der Waals surface area contributed by atoms with E-state index >= 15 is 0 Å². The Morgan fingerprint density at radius 3 is 2.00 bits per heavy atom. The first kappa shape index (κ1) is 9.55. The van der Waals surface area contributed by atoms with Gasteiger partial charge >= 0.3 is 5.97 Å². The van der Waals surface area contributed by atoms with Crippen molar-refractivity contribution in [2.75, 3.05) is 20.8 Å². The molecule has 0 bridgehead atoms. The third-order valence-electron chi connectivity index (χ3n) is 1.06. The Morgan fingerprint density at radius 2 is 1.90 bits per heavy atom. The van der Waals surface area contributed by atoms with Crippen LogP contribution in [0.5, 0.6) is 0 Å². The molecule has 0 aromatic rings. The third kappa shape index (κ3) is 2.06. The minimum absolute atomic E-state index is 0.362. The van der Waals surface area contributed by atoms with Crippen molar-refractivity contribution in [2.45, 2.75) is 12.9 Å². The van der Waals surface area contributed by atoms with E-state index in [0.29, 0.717) is 12.9 Å². The first-order chi connectivity index (χ1) is 4.74. The highest BCUT2D eigenvalue weighted by Gasteiger charge is 2.29. The number of hydrogen-bond donors (Lipinski definition) is 0. The van der Waals surface area contributed by atoms with Gasteiger partial charge in [0.15, 0.2) is 0 Å². The van der Waals surface area contributed by atoms with E-state index in [9.17, 15) is 4.79 Å². The van der Waals surface area contributed by atoms with Crippen molar-refractivity contribution >= 4 is 6.29 Å². The summed E-state index contributed by atoms with van der Waals surface area (Å²) in [5.41, 5.74) is 0. The fourth-order valence-corrected chi connectivity index (χ4v) is 0.533. The molecule has 10 heavy (non-hydrogen) atoms. The van der Waals surface area contributed by atoms with Gasteiger partial charge in [-0.2, -0.15) is 0 Å². The second-order valence-corrected chi connectivity index (χ2v) is 1.56. The number of rotatable bonds is 5. The number of carbonyl (C=O) groups excluding carboxylic acids is 1. The van der Waals surface area contributed by atoms with Gasteiger partial charge in [0.2, 0.25) is 6.29 Å². The van der Waals surface area contributed by atoms with Crippen molar-refractivity contribution in [3.05, 3.63) is 0 Å². The van der Waals surface area contributed by atoms with Gasteiger partial charge in [-0.25, -0.2) is 0 Å². The minimum Gasteiger partial charge on any atom is -0.325 e. The molecule has 0 aliphatic rings. The summed E-state index contributed by atoms with van der Waals surface area (Å²) >= 11 is 0. The van der Waals surface area contributed by atoms with Crippen molar-refractivity contribution < 1.29 is 19.0 Å². The molecule has 0 saturated heterocycles. The Morgan fingerprint density at radius 1 is 1.40 bits per heavy atom. The maximum Gasteiger partial charge on any atom is 0.343 e. The third-order valence-corrected chi connectivity index (χ3v) is 1.06. The Kier molecular flexibility index (Phi) is 4.18. The average molecular weight is 148 g/mol. The Hall–Kier alpha value is -0.450. The molecule has 0 aromatic heterocycles. The second kappa shape index (κ2) is 4.38. The highest BCUT2D eigenvalue weighted by molar-refractivity contribution is 5.57. The summed E-state index contributed by atoms with van der Waals surface area (Å²) in [6, 6.07) is 0. The molecule has 0 aromatic carbocycles. The van der Waals surface area contributed by atoms with Gasteiger partial charge < -0.3 is 14.2 Å². The van der Waals surface area contributed by atoms with Crippen molar-refractivity contribution in [1.82, 2.24) is 0 Å². The van der Waals surface area contributed by atoms with Gasteiger partial charge in [-0.3, -0.25) is 4.79 Å². The summed E-state index contributed by atoms with van der Waals surface area (Å²) in [6.45, 7) is 2.11. The van der Waals surface area contributed by atoms with E-state index in [1.165, 1.54) is 14.2 Å². The van der Waals surface area contributed by atoms with E-state index in [4.69, 9.17) is 4.74 Å². The molecular weight excluding hydrogens is 136 g/mol. The smallest absolute Gasteiger partial charge is 0.325 e. The first-order valence-electron chi connectivity index (χ1n) is 2.95. The molecule has 0 atom stereocenters. The standard InChI is InChI=1S/C6H12O4/c1-4-10-6(5-7,8-2)9-3/h5H,4H2,1-3H3. The summed E-state index contributed by atoms with van der Waals surface area (Å²) in [7, 11) is 2.68. The lowest BCUT2D eigenvalue weighted by molar-refractivity contribution is -0.326. The number of aldehydes is 1. The predicted molar refractivity (Wildman–Crippen MR) is 34.4 cm³/mol. The van der Waals surface area contributed by atoms with E-state index in [-0.39, 0.29) is 0 Å². The van der Waals surface area contributed by atoms with Crippen LogP contribution in [0.3, 0.4) is 0 Å². The van der Waals surface area contributed by atoms with Crippen LogP contribution in [0, 0.1) is 0 Å². The molecule has 0 aliphatic heterocycles. The van der Waals surface area contributed by atoms with Crippen molar-refractivity contribution in [2.24, 2.45) is 0 Å². The lowest BCUT2D eigenvalue weighted by Crippen LogP contribution is -2.38. The first-order valence-corrected chi connectivity index (χ1v) is 2.95. The van der Waals surface area contributed by atoms with Crippen molar-refractivity contribution in [3.8, 4) is 0 Å². The van der Waals surface area contributed by atoms with E-state index in [1.807, 2.05) is 0 Å². The van der Waals surface area contributed by atoms with Gasteiger partial charge in [-0.05, 0) is 6.92 Å². The molecule has 4 heteroatoms. The van der Waals surface area contributed by atoms with E-state index in [0.717, 1.165) is 0 Å². The lowest BCUT2D eigenvalue weighted by Gasteiger charge is -2.22. The lowest BCUT2D eigenvalue weighted by atomic mass is 10.6. The highest BCUT2D eigenvalue weighted by Crippen LogP contribution is 2.08. The van der Waals surface area contributed by atoms with Crippen LogP contribution in [-0.4, -0.2) is 33.1 Å². The average Bonchev–Trinajstić information content (AvgIpc) is 2.01. The Bertz CT molecular complexity index is 97.9. The van der Waals surface area contributed by atoms with Gasteiger partial charge in [0.05, 0.1) is 6.61 Å². The molecule has 0 amide bonds. The maximum absolute atomic E-state index is 10.3. The molecule has 0 rings (SSSR count). The molecule has 4 nitrogen and oxygen atoms in total. The zero-order valence-electron chi connectivity index (χ0n) is 6.42. The van der Waals surface area contributed by atoms with Crippen LogP contribution >= 0.6 is 0 Å². The summed E-state index contributed by atoms with van der Waals surface area (Å²) in [5.74, 6) is -1.51. The van der Waals surface area contributed by atoms with Crippen molar-refractivity contribution in [3.63, 3.8) is 0 Å². The molecule has 0 saturated carbocycles. The molecule has 0 fully saturated rings. The van der Waals surface area contributed by atoms with E-state index < -0.39 is 5.97 Å². The summed E-state index contributed by atoms with van der Waals surface area (Å²) in [4.78, 5) is 10.3. The second-order valence-electron chi connectivity index (χ2n) is 1.56. The van der Waals surface area contributed by atoms with E-state index in [1.54, 1.807) is 6.92 Å². The van der Waals surface area contributed by atoms with Gasteiger partial charge in [0, 0.05) is 14.2 Å². The van der Waals surface area contributed by atoms with Crippen LogP contribution in [0.4, 0.5) is 0 Å². The fourth-order valence-electron chi connectivity index (χ4n) is 0.533. The van der Waals surface area contributed by atoms with Crippen LogP contribution in [-0.2, 0) is 19.0 Å². The Labute approximate surface area is 60.1 Å². The zero-order valence-corrected chi connectivity index (χ0v) is 6.42. The van der Waals surface area contributed by atoms with Gasteiger partial charge in [0.25, 0.3) is 0 Å². The highest BCUT2D eigenvalue weighted by atomic mass is 16.9. The number of ether oxygens (including phenoxy) is 3. The minimum atomic E-state index is -1.51. The molecule has 0 aliphatic carbocycles. The maximum atomic E-state index is 10.3. The Balaban J connectivity index is 4.00. The topological polar surface area (TPSA) is 44.8 Å². The van der Waals surface area contributed by atoms with Crippen LogP contribution < -0.4 is 0 Å². The normalized spacial score (nSPS) is 11.5. The number of methoxy groups -OCH3 is 2. The fraction of sp³-hybridized carbons (Fsp3) is 0.833. The molecule has 0 radical (unpaired) electrons. The number of hydrogen-bond acceptors (Lipinski definition) is 4. The largest absolute Gasteiger partial charge is 0.343 e. The molecular formula is C6H12O4. The quantitative estimate of drug-likeness (QED) is 0.412.